The van der Waals surface area contributed by atoms with E-state index in [0.29, 0.717) is 6.54 Å². The highest BCUT2D eigenvalue weighted by molar-refractivity contribution is 5.74. The maximum atomic E-state index is 12.1. The molecular formula is C16H27N5O2. The Morgan fingerprint density at radius 3 is 2.87 bits per heavy atom. The first-order valence-corrected chi connectivity index (χ1v) is 8.02. The molecule has 0 bridgehead atoms. The lowest BCUT2D eigenvalue weighted by Gasteiger charge is -2.29. The van der Waals surface area contributed by atoms with Crippen molar-refractivity contribution in [1.29, 1.82) is 0 Å². The van der Waals surface area contributed by atoms with Crippen molar-refractivity contribution >= 4 is 11.8 Å². The number of anilines is 1. The van der Waals surface area contributed by atoms with Crippen molar-refractivity contribution in [3.63, 3.8) is 0 Å². The Hall–Kier alpha value is -1.86. The van der Waals surface area contributed by atoms with E-state index in [9.17, 15) is 4.79 Å². The molecule has 0 aliphatic carbocycles. The number of carbonyl (C=O) groups excluding carboxylic acids is 1. The van der Waals surface area contributed by atoms with Gasteiger partial charge in [-0.1, -0.05) is 6.07 Å². The number of pyridine rings is 1. The summed E-state index contributed by atoms with van der Waals surface area (Å²) >= 11 is 0. The van der Waals surface area contributed by atoms with E-state index in [4.69, 9.17) is 4.74 Å². The molecule has 7 nitrogen and oxygen atoms in total. The molecule has 0 radical (unpaired) electrons. The maximum absolute atomic E-state index is 12.1. The second-order valence-corrected chi connectivity index (χ2v) is 6.02. The van der Waals surface area contributed by atoms with Gasteiger partial charge in [-0.05, 0) is 13.0 Å². The molecule has 0 aromatic carbocycles. The quantitative estimate of drug-likeness (QED) is 0.806. The Kier molecular flexibility index (Phi) is 6.61. The van der Waals surface area contributed by atoms with Gasteiger partial charge in [0.15, 0.2) is 0 Å². The third kappa shape index (κ3) is 5.69. The minimum atomic E-state index is -0.153. The molecule has 1 aromatic heterocycles. The van der Waals surface area contributed by atoms with Crippen LogP contribution in [0.25, 0.3) is 0 Å². The van der Waals surface area contributed by atoms with E-state index in [1.165, 1.54) is 0 Å². The first-order valence-electron chi connectivity index (χ1n) is 8.02. The standard InChI is InChI=1S/C16H27N5O2/c1-13(12-21-7-9-23-10-8-21)19-16(22)18-11-14-5-4-6-17-15(14)20(2)3/h4-6,13H,7-12H2,1-3H3,(H2,18,19,22)/t13-/m0/s1. The average molecular weight is 321 g/mol. The summed E-state index contributed by atoms with van der Waals surface area (Å²) in [6.07, 6.45) is 1.75. The number of nitrogens with one attached hydrogen (secondary N) is 2. The highest BCUT2D eigenvalue weighted by Gasteiger charge is 2.15. The Labute approximate surface area is 138 Å². The van der Waals surface area contributed by atoms with E-state index in [1.807, 2.05) is 38.1 Å². The molecule has 2 N–H and O–H groups in total. The summed E-state index contributed by atoms with van der Waals surface area (Å²) in [6.45, 7) is 6.71. The van der Waals surface area contributed by atoms with Gasteiger partial charge in [-0.3, -0.25) is 4.90 Å². The highest BCUT2D eigenvalue weighted by Crippen LogP contribution is 2.13. The van der Waals surface area contributed by atoms with Crippen molar-refractivity contribution in [3.8, 4) is 0 Å². The van der Waals surface area contributed by atoms with Crippen molar-refractivity contribution < 1.29 is 9.53 Å². The van der Waals surface area contributed by atoms with E-state index >= 15 is 0 Å². The molecule has 0 saturated carbocycles. The summed E-state index contributed by atoms with van der Waals surface area (Å²) in [4.78, 5) is 20.6. The Morgan fingerprint density at radius 1 is 1.43 bits per heavy atom. The fraction of sp³-hybridized carbons (Fsp3) is 0.625. The van der Waals surface area contributed by atoms with Gasteiger partial charge in [-0.15, -0.1) is 0 Å². The Morgan fingerprint density at radius 2 is 2.17 bits per heavy atom. The van der Waals surface area contributed by atoms with Crippen LogP contribution in [0.4, 0.5) is 10.6 Å². The van der Waals surface area contributed by atoms with Crippen molar-refractivity contribution in [3.05, 3.63) is 23.9 Å². The molecule has 1 aliphatic heterocycles. The summed E-state index contributed by atoms with van der Waals surface area (Å²) in [6, 6.07) is 3.79. The van der Waals surface area contributed by atoms with Gasteiger partial charge in [0.25, 0.3) is 0 Å². The Balaban J connectivity index is 1.76. The number of amides is 2. The van der Waals surface area contributed by atoms with Gasteiger partial charge in [-0.25, -0.2) is 9.78 Å². The second kappa shape index (κ2) is 8.69. The zero-order valence-electron chi connectivity index (χ0n) is 14.2. The van der Waals surface area contributed by atoms with Crippen molar-refractivity contribution in [2.24, 2.45) is 0 Å². The van der Waals surface area contributed by atoms with Gasteiger partial charge in [0, 0.05) is 58.1 Å². The average Bonchev–Trinajstić information content (AvgIpc) is 2.54. The predicted octanol–water partition coefficient (Wildman–Crippen LogP) is 0.668. The fourth-order valence-electron chi connectivity index (χ4n) is 2.64. The molecule has 7 heteroatoms. The minimum absolute atomic E-state index is 0.0929. The topological polar surface area (TPSA) is 69.7 Å². The van der Waals surface area contributed by atoms with E-state index < -0.39 is 0 Å². The zero-order valence-corrected chi connectivity index (χ0v) is 14.2. The second-order valence-electron chi connectivity index (χ2n) is 6.02. The van der Waals surface area contributed by atoms with E-state index in [-0.39, 0.29) is 12.1 Å². The summed E-state index contributed by atoms with van der Waals surface area (Å²) < 4.78 is 5.33. The molecule has 0 unspecified atom stereocenters. The predicted molar refractivity (Wildman–Crippen MR) is 90.7 cm³/mol. The van der Waals surface area contributed by atoms with Crippen molar-refractivity contribution in [2.75, 3.05) is 51.8 Å². The third-order valence-corrected chi connectivity index (χ3v) is 3.74. The van der Waals surface area contributed by atoms with Crippen LogP contribution in [0.15, 0.2) is 18.3 Å². The fourth-order valence-corrected chi connectivity index (χ4v) is 2.64. The number of hydrogen-bond acceptors (Lipinski definition) is 5. The van der Waals surface area contributed by atoms with Crippen LogP contribution in [-0.4, -0.2) is 68.9 Å². The molecule has 0 spiro atoms. The van der Waals surface area contributed by atoms with Crippen LogP contribution < -0.4 is 15.5 Å². The molecule has 23 heavy (non-hydrogen) atoms. The lowest BCUT2D eigenvalue weighted by atomic mass is 10.2. The first kappa shape index (κ1) is 17.5. The lowest BCUT2D eigenvalue weighted by molar-refractivity contribution is 0.0349. The number of ether oxygens (including phenoxy) is 1. The van der Waals surface area contributed by atoms with E-state index in [0.717, 1.165) is 44.2 Å². The molecule has 1 aromatic rings. The molecule has 1 fully saturated rings. The van der Waals surface area contributed by atoms with Crippen molar-refractivity contribution in [1.82, 2.24) is 20.5 Å². The molecule has 1 atom stereocenters. The van der Waals surface area contributed by atoms with E-state index in [2.05, 4.69) is 20.5 Å². The summed E-state index contributed by atoms with van der Waals surface area (Å²) in [7, 11) is 3.88. The summed E-state index contributed by atoms with van der Waals surface area (Å²) in [5.74, 6) is 0.870. The van der Waals surface area contributed by atoms with Gasteiger partial charge in [0.1, 0.15) is 5.82 Å². The molecule has 1 aliphatic rings. The number of hydrogen-bond donors (Lipinski definition) is 2. The van der Waals surface area contributed by atoms with Crippen LogP contribution in [0.1, 0.15) is 12.5 Å². The molecular weight excluding hydrogens is 294 g/mol. The number of aromatic nitrogens is 1. The van der Waals surface area contributed by atoms with Crippen LogP contribution in [0.3, 0.4) is 0 Å². The summed E-state index contributed by atoms with van der Waals surface area (Å²) in [5, 5.41) is 5.88. The monoisotopic (exact) mass is 321 g/mol. The maximum Gasteiger partial charge on any atom is 0.315 e. The molecule has 2 rings (SSSR count). The Bertz CT molecular complexity index is 503. The van der Waals surface area contributed by atoms with E-state index in [1.54, 1.807) is 6.20 Å². The minimum Gasteiger partial charge on any atom is -0.379 e. The number of urea groups is 1. The van der Waals surface area contributed by atoms with Gasteiger partial charge in [0.2, 0.25) is 0 Å². The lowest BCUT2D eigenvalue weighted by Crippen LogP contribution is -2.48. The smallest absolute Gasteiger partial charge is 0.315 e. The largest absolute Gasteiger partial charge is 0.379 e. The summed E-state index contributed by atoms with van der Waals surface area (Å²) in [5.41, 5.74) is 0.994. The molecule has 2 amide bonds. The first-order chi connectivity index (χ1) is 11.1. The number of nitrogens with zero attached hydrogens (tertiary/aromatic N) is 3. The number of rotatable bonds is 6. The van der Waals surface area contributed by atoms with Crippen LogP contribution in [0.2, 0.25) is 0 Å². The van der Waals surface area contributed by atoms with Crippen LogP contribution >= 0.6 is 0 Å². The van der Waals surface area contributed by atoms with Crippen LogP contribution in [0.5, 0.6) is 0 Å². The zero-order chi connectivity index (χ0) is 16.7. The van der Waals surface area contributed by atoms with Gasteiger partial charge in [-0.2, -0.15) is 0 Å². The normalized spacial score (nSPS) is 16.7. The number of carbonyl (C=O) groups is 1. The molecule has 2 heterocycles. The van der Waals surface area contributed by atoms with Gasteiger partial charge < -0.3 is 20.3 Å². The molecule has 1 saturated heterocycles. The third-order valence-electron chi connectivity index (χ3n) is 3.74. The van der Waals surface area contributed by atoms with Crippen LogP contribution in [-0.2, 0) is 11.3 Å². The molecule has 128 valence electrons. The van der Waals surface area contributed by atoms with Crippen molar-refractivity contribution in [2.45, 2.75) is 19.5 Å². The van der Waals surface area contributed by atoms with Crippen LogP contribution in [0, 0.1) is 0 Å². The van der Waals surface area contributed by atoms with Gasteiger partial charge in [0.05, 0.1) is 13.2 Å². The highest BCUT2D eigenvalue weighted by atomic mass is 16.5. The SMILES string of the molecule is C[C@@H](CN1CCOCC1)NC(=O)NCc1cccnc1N(C)C. The van der Waals surface area contributed by atoms with Gasteiger partial charge >= 0.3 is 6.03 Å². The number of morpholine rings is 1.